The van der Waals surface area contributed by atoms with Gasteiger partial charge in [-0.15, -0.1) is 0 Å². The Morgan fingerprint density at radius 2 is 1.66 bits per heavy atom. The summed E-state index contributed by atoms with van der Waals surface area (Å²) >= 11 is 0. The molecule has 7 nitrogen and oxygen atoms in total. The fourth-order valence-corrected chi connectivity index (χ4v) is 5.17. The summed E-state index contributed by atoms with van der Waals surface area (Å²) in [5.41, 5.74) is 0.236. The third kappa shape index (κ3) is 7.12. The highest BCUT2D eigenvalue weighted by Crippen LogP contribution is 2.27. The number of esters is 1. The molecule has 1 aliphatic rings. The molecule has 0 radical (unpaired) electrons. The minimum Gasteiger partial charge on any atom is -0.456 e. The van der Waals surface area contributed by atoms with E-state index in [0.29, 0.717) is 30.6 Å². The monoisotopic (exact) mass is 424 g/mol. The molecule has 0 aliphatic carbocycles. The Labute approximate surface area is 173 Å². The number of hydrogen-bond donors (Lipinski definition) is 1. The molecule has 0 aromatic heterocycles. The highest BCUT2D eigenvalue weighted by Gasteiger charge is 2.31. The first kappa shape index (κ1) is 23.3. The second kappa shape index (κ2) is 9.26. The maximum Gasteiger partial charge on any atom is 0.306 e. The van der Waals surface area contributed by atoms with Crippen molar-refractivity contribution in [2.24, 2.45) is 17.3 Å². The van der Waals surface area contributed by atoms with Crippen molar-refractivity contribution in [1.82, 2.24) is 4.31 Å². The van der Waals surface area contributed by atoms with Crippen LogP contribution in [0.3, 0.4) is 0 Å². The van der Waals surface area contributed by atoms with Crippen molar-refractivity contribution in [3.05, 3.63) is 24.3 Å². The number of hydrogen-bond acceptors (Lipinski definition) is 5. The Morgan fingerprint density at radius 3 is 2.17 bits per heavy atom. The fourth-order valence-electron chi connectivity index (χ4n) is 3.49. The molecule has 2 rings (SSSR count). The van der Waals surface area contributed by atoms with Crippen molar-refractivity contribution in [3.63, 3.8) is 0 Å². The van der Waals surface area contributed by atoms with Gasteiger partial charge in [-0.05, 0) is 47.9 Å². The van der Waals surface area contributed by atoms with Gasteiger partial charge >= 0.3 is 5.97 Å². The fraction of sp³-hybridized carbons (Fsp3) is 0.619. The average Bonchev–Trinajstić information content (AvgIpc) is 2.58. The molecule has 0 unspecified atom stereocenters. The normalized spacial score (nSPS) is 20.9. The number of piperidine rings is 1. The van der Waals surface area contributed by atoms with E-state index in [1.54, 1.807) is 12.1 Å². The number of sulfonamides is 1. The van der Waals surface area contributed by atoms with Crippen LogP contribution in [-0.2, 0) is 24.3 Å². The minimum absolute atomic E-state index is 0.202. The van der Waals surface area contributed by atoms with Crippen molar-refractivity contribution in [2.75, 3.05) is 25.0 Å². The number of amides is 1. The summed E-state index contributed by atoms with van der Waals surface area (Å²) in [5, 5.41) is 2.61. The Bertz CT molecular complexity index is 818. The predicted molar refractivity (Wildman–Crippen MR) is 112 cm³/mol. The van der Waals surface area contributed by atoms with E-state index in [0.717, 1.165) is 6.42 Å². The zero-order valence-electron chi connectivity index (χ0n) is 17.9. The van der Waals surface area contributed by atoms with Gasteiger partial charge in [0, 0.05) is 18.8 Å². The van der Waals surface area contributed by atoms with E-state index in [4.69, 9.17) is 4.74 Å². The lowest BCUT2D eigenvalue weighted by Gasteiger charge is -2.34. The maximum atomic E-state index is 12.9. The van der Waals surface area contributed by atoms with E-state index >= 15 is 0 Å². The molecule has 1 aromatic rings. The lowest BCUT2D eigenvalue weighted by molar-refractivity contribution is -0.149. The molecule has 29 heavy (non-hydrogen) atoms. The van der Waals surface area contributed by atoms with Crippen molar-refractivity contribution >= 4 is 27.6 Å². The van der Waals surface area contributed by atoms with E-state index in [1.165, 1.54) is 16.4 Å². The Balaban J connectivity index is 1.94. The molecule has 1 aromatic carbocycles. The lowest BCUT2D eigenvalue weighted by Crippen LogP contribution is -2.42. The predicted octanol–water partition coefficient (Wildman–Crippen LogP) is 3.27. The van der Waals surface area contributed by atoms with Gasteiger partial charge in [0.1, 0.15) is 0 Å². The van der Waals surface area contributed by atoms with Crippen LogP contribution >= 0.6 is 0 Å². The number of carbonyl (C=O) groups excluding carboxylic acids is 2. The van der Waals surface area contributed by atoms with Gasteiger partial charge < -0.3 is 10.1 Å². The summed E-state index contributed by atoms with van der Waals surface area (Å²) in [6, 6.07) is 6.05. The molecule has 162 valence electrons. The Kier molecular flexibility index (Phi) is 7.45. The van der Waals surface area contributed by atoms with Gasteiger partial charge in [0.2, 0.25) is 10.0 Å². The van der Waals surface area contributed by atoms with Crippen LogP contribution in [0.2, 0.25) is 0 Å². The molecule has 1 saturated heterocycles. The topological polar surface area (TPSA) is 92.8 Å². The standard InChI is InChI=1S/C21H32N2O5S/c1-15-10-16(2)13-23(12-15)29(26,27)18-8-6-17(7-9-18)22-19(24)14-28-20(25)11-21(3,4)5/h6-9,15-16H,10-14H2,1-5H3,(H,22,24)/t15-,16-/m1/s1. The summed E-state index contributed by atoms with van der Waals surface area (Å²) in [7, 11) is -3.56. The average molecular weight is 425 g/mol. The van der Waals surface area contributed by atoms with E-state index in [9.17, 15) is 18.0 Å². The summed E-state index contributed by atoms with van der Waals surface area (Å²) in [6.45, 7) is 10.5. The smallest absolute Gasteiger partial charge is 0.306 e. The molecule has 0 spiro atoms. The highest BCUT2D eigenvalue weighted by molar-refractivity contribution is 7.89. The maximum absolute atomic E-state index is 12.9. The van der Waals surface area contributed by atoms with Crippen LogP contribution in [0.15, 0.2) is 29.2 Å². The first-order valence-corrected chi connectivity index (χ1v) is 11.4. The molecule has 2 atom stereocenters. The zero-order valence-corrected chi connectivity index (χ0v) is 18.7. The Morgan fingerprint density at radius 1 is 1.10 bits per heavy atom. The number of anilines is 1. The van der Waals surface area contributed by atoms with Gasteiger partial charge in [-0.3, -0.25) is 9.59 Å². The molecule has 1 aliphatic heterocycles. The first-order valence-electron chi connectivity index (χ1n) is 9.92. The third-order valence-electron chi connectivity index (χ3n) is 4.65. The number of carbonyl (C=O) groups is 2. The number of nitrogens with one attached hydrogen (secondary N) is 1. The molecule has 1 amide bonds. The SMILES string of the molecule is C[C@@H]1C[C@@H](C)CN(S(=O)(=O)c2ccc(NC(=O)COC(=O)CC(C)(C)C)cc2)C1. The minimum atomic E-state index is -3.56. The summed E-state index contributed by atoms with van der Waals surface area (Å²) < 4.78 is 32.3. The number of ether oxygens (including phenoxy) is 1. The lowest BCUT2D eigenvalue weighted by atomic mass is 9.92. The van der Waals surface area contributed by atoms with Crippen LogP contribution in [0, 0.1) is 17.3 Å². The van der Waals surface area contributed by atoms with Crippen LogP contribution in [0.1, 0.15) is 47.5 Å². The van der Waals surface area contributed by atoms with Crippen molar-refractivity contribution in [3.8, 4) is 0 Å². The highest BCUT2D eigenvalue weighted by atomic mass is 32.2. The molecule has 0 bridgehead atoms. The molecular formula is C21H32N2O5S. The second-order valence-electron chi connectivity index (χ2n) is 9.24. The number of rotatable bonds is 6. The van der Waals surface area contributed by atoms with Gasteiger partial charge in [-0.2, -0.15) is 4.31 Å². The van der Waals surface area contributed by atoms with E-state index in [-0.39, 0.29) is 23.3 Å². The van der Waals surface area contributed by atoms with Crippen LogP contribution in [0.25, 0.3) is 0 Å². The summed E-state index contributed by atoms with van der Waals surface area (Å²) in [5.74, 6) is -0.248. The first-order chi connectivity index (χ1) is 13.4. The quantitative estimate of drug-likeness (QED) is 0.708. The molecule has 0 saturated carbocycles. The Hall–Kier alpha value is -1.93. The molecule has 1 heterocycles. The van der Waals surface area contributed by atoms with Crippen LogP contribution in [-0.4, -0.2) is 44.3 Å². The van der Waals surface area contributed by atoms with Crippen LogP contribution in [0.5, 0.6) is 0 Å². The van der Waals surface area contributed by atoms with Crippen LogP contribution in [0.4, 0.5) is 5.69 Å². The molecular weight excluding hydrogens is 392 g/mol. The van der Waals surface area contributed by atoms with E-state index in [2.05, 4.69) is 19.2 Å². The summed E-state index contributed by atoms with van der Waals surface area (Å²) in [4.78, 5) is 23.9. The molecule has 1 N–H and O–H groups in total. The van der Waals surface area contributed by atoms with Crippen molar-refractivity contribution in [2.45, 2.75) is 52.4 Å². The van der Waals surface area contributed by atoms with E-state index in [1.807, 2.05) is 20.8 Å². The van der Waals surface area contributed by atoms with Gasteiger partial charge in [0.05, 0.1) is 11.3 Å². The van der Waals surface area contributed by atoms with Gasteiger partial charge in [0.15, 0.2) is 6.61 Å². The third-order valence-corrected chi connectivity index (χ3v) is 6.50. The van der Waals surface area contributed by atoms with Gasteiger partial charge in [-0.1, -0.05) is 34.6 Å². The van der Waals surface area contributed by atoms with Crippen LogP contribution < -0.4 is 5.32 Å². The largest absolute Gasteiger partial charge is 0.456 e. The van der Waals surface area contributed by atoms with Crippen molar-refractivity contribution in [1.29, 1.82) is 0 Å². The summed E-state index contributed by atoms with van der Waals surface area (Å²) in [6.07, 6.45) is 1.25. The zero-order chi connectivity index (χ0) is 21.8. The van der Waals surface area contributed by atoms with Gasteiger partial charge in [0.25, 0.3) is 5.91 Å². The number of nitrogens with zero attached hydrogens (tertiary/aromatic N) is 1. The number of benzene rings is 1. The van der Waals surface area contributed by atoms with Gasteiger partial charge in [-0.25, -0.2) is 8.42 Å². The molecule has 1 fully saturated rings. The second-order valence-corrected chi connectivity index (χ2v) is 11.2. The molecule has 8 heteroatoms. The van der Waals surface area contributed by atoms with E-state index < -0.39 is 21.9 Å². The van der Waals surface area contributed by atoms with Crippen molar-refractivity contribution < 1.29 is 22.7 Å².